The smallest absolute Gasteiger partial charge is 0.389 e. The molecule has 0 bridgehead atoms. The second-order valence-corrected chi connectivity index (χ2v) is 10.5. The molecule has 4 N–H and O–H groups in total. The van der Waals surface area contributed by atoms with E-state index in [0.717, 1.165) is 71.2 Å². The Morgan fingerprint density at radius 1 is 0.839 bits per heavy atom. The van der Waals surface area contributed by atoms with Gasteiger partial charge in [0.15, 0.2) is 0 Å². The molecular formula is C21H48N4O5Si. The number of nitrogens with one attached hydrogen (secondary N) is 3. The summed E-state index contributed by atoms with van der Waals surface area (Å²) >= 11 is 0. The molecule has 0 spiro atoms. The Kier molecular flexibility index (Phi) is 18.0. The first-order chi connectivity index (χ1) is 15.2. The van der Waals surface area contributed by atoms with Gasteiger partial charge in [0, 0.05) is 78.3 Å². The number of ether oxygens (including phenoxy) is 1. The van der Waals surface area contributed by atoms with Gasteiger partial charge in [-0.25, -0.2) is 0 Å². The molecule has 1 saturated heterocycles. The van der Waals surface area contributed by atoms with Crippen LogP contribution in [0.1, 0.15) is 33.6 Å². The van der Waals surface area contributed by atoms with Crippen LogP contribution >= 0.6 is 0 Å². The third kappa shape index (κ3) is 14.6. The molecule has 0 aromatic rings. The molecule has 1 fully saturated rings. The fraction of sp³-hybridized carbons (Fsp3) is 1.00. The van der Waals surface area contributed by atoms with Gasteiger partial charge in [-0.05, 0) is 46.7 Å². The second kappa shape index (κ2) is 19.3. The van der Waals surface area contributed by atoms with Crippen LogP contribution < -0.4 is 16.0 Å². The summed E-state index contributed by atoms with van der Waals surface area (Å²) in [6, 6.07) is 0.734. The van der Waals surface area contributed by atoms with Crippen LogP contribution in [-0.4, -0.2) is 117 Å². The van der Waals surface area contributed by atoms with Crippen molar-refractivity contribution in [2.24, 2.45) is 0 Å². The van der Waals surface area contributed by atoms with Gasteiger partial charge in [-0.15, -0.1) is 0 Å². The fourth-order valence-electron chi connectivity index (χ4n) is 3.65. The summed E-state index contributed by atoms with van der Waals surface area (Å²) < 4.78 is 23.4. The summed E-state index contributed by atoms with van der Waals surface area (Å²) in [6.45, 7) is 17.0. The zero-order valence-corrected chi connectivity index (χ0v) is 21.1. The lowest BCUT2D eigenvalue weighted by Crippen LogP contribution is -2.46. The molecule has 0 aliphatic carbocycles. The highest BCUT2D eigenvalue weighted by molar-refractivity contribution is 6.60. The summed E-state index contributed by atoms with van der Waals surface area (Å²) in [6.07, 6.45) is 1.39. The van der Waals surface area contributed by atoms with Crippen LogP contribution in [0, 0.1) is 0 Å². The first-order valence-electron chi connectivity index (χ1n) is 12.2. The van der Waals surface area contributed by atoms with Gasteiger partial charge < -0.3 is 39.1 Å². The van der Waals surface area contributed by atoms with Gasteiger partial charge in [0.2, 0.25) is 0 Å². The van der Waals surface area contributed by atoms with Crippen molar-refractivity contribution in [1.29, 1.82) is 0 Å². The average Bonchev–Trinajstić information content (AvgIpc) is 2.76. The van der Waals surface area contributed by atoms with E-state index in [2.05, 4.69) is 20.9 Å². The van der Waals surface area contributed by atoms with Crippen molar-refractivity contribution in [3.05, 3.63) is 0 Å². The Balaban J connectivity index is 2.30. The predicted molar refractivity (Wildman–Crippen MR) is 127 cm³/mol. The maximum atomic E-state index is 10.5. The Hall–Kier alpha value is -0.143. The molecule has 1 rings (SSSR count). The van der Waals surface area contributed by atoms with Crippen LogP contribution in [0.25, 0.3) is 0 Å². The largest absolute Gasteiger partial charge is 0.501 e. The van der Waals surface area contributed by atoms with Gasteiger partial charge in [-0.2, -0.15) is 0 Å². The lowest BCUT2D eigenvalue weighted by Gasteiger charge is -2.28. The third-order valence-electron chi connectivity index (χ3n) is 5.03. The van der Waals surface area contributed by atoms with E-state index in [1.807, 2.05) is 20.8 Å². The van der Waals surface area contributed by atoms with Crippen LogP contribution in [0.4, 0.5) is 0 Å². The van der Waals surface area contributed by atoms with Gasteiger partial charge in [-0.1, -0.05) is 0 Å². The van der Waals surface area contributed by atoms with Crippen LogP contribution in [0.15, 0.2) is 0 Å². The van der Waals surface area contributed by atoms with E-state index in [0.29, 0.717) is 39.6 Å². The fourth-order valence-corrected chi connectivity index (χ4v) is 6.23. The molecule has 0 saturated carbocycles. The van der Waals surface area contributed by atoms with E-state index in [9.17, 15) is 5.11 Å². The minimum absolute atomic E-state index is 0.346. The molecule has 0 aromatic carbocycles. The van der Waals surface area contributed by atoms with Crippen molar-refractivity contribution in [3.8, 4) is 0 Å². The van der Waals surface area contributed by atoms with Crippen LogP contribution in [-0.2, 0) is 18.0 Å². The first kappa shape index (κ1) is 28.9. The minimum Gasteiger partial charge on any atom is -0.389 e. The van der Waals surface area contributed by atoms with Crippen molar-refractivity contribution < 1.29 is 23.1 Å². The average molecular weight is 465 g/mol. The molecule has 0 aromatic heterocycles. The van der Waals surface area contributed by atoms with Gasteiger partial charge in [0.1, 0.15) is 0 Å². The topological polar surface area (TPSA) is 96.5 Å². The van der Waals surface area contributed by atoms with Crippen LogP contribution in [0.2, 0.25) is 6.04 Å². The number of aliphatic hydroxyl groups excluding tert-OH is 1. The maximum absolute atomic E-state index is 10.5. The van der Waals surface area contributed by atoms with Crippen molar-refractivity contribution in [2.75, 3.05) is 91.9 Å². The molecule has 1 aliphatic heterocycles. The van der Waals surface area contributed by atoms with Gasteiger partial charge in [0.05, 0.1) is 12.7 Å². The first-order valence-corrected chi connectivity index (χ1v) is 14.1. The number of hydrogen-bond acceptors (Lipinski definition) is 9. The van der Waals surface area contributed by atoms with Gasteiger partial charge >= 0.3 is 8.80 Å². The molecule has 186 valence electrons. The molecule has 1 heterocycles. The quantitative estimate of drug-likeness (QED) is 0.213. The summed E-state index contributed by atoms with van der Waals surface area (Å²) in [5, 5.41) is 20.8. The molecular weight excluding hydrogens is 416 g/mol. The number of hydrogen-bond donors (Lipinski definition) is 4. The van der Waals surface area contributed by atoms with Crippen molar-refractivity contribution in [2.45, 2.75) is 45.8 Å². The van der Waals surface area contributed by atoms with E-state index in [-0.39, 0.29) is 0 Å². The van der Waals surface area contributed by atoms with E-state index >= 15 is 0 Å². The van der Waals surface area contributed by atoms with E-state index in [4.69, 9.17) is 18.0 Å². The Bertz CT molecular complexity index is 381. The zero-order chi connectivity index (χ0) is 22.6. The standard InChI is InChI=1S/C21H48N4O5Si/c1-4-28-31(29-5-2,30-6-3)18-8-17-27-20-21(26)19-25-15-7-9-22-10-11-23-12-13-24-14-16-25/h21-24,26H,4-20H2,1-3H3. The second-order valence-electron chi connectivity index (χ2n) is 7.72. The van der Waals surface area contributed by atoms with Crippen molar-refractivity contribution in [1.82, 2.24) is 20.9 Å². The molecule has 1 aliphatic rings. The van der Waals surface area contributed by atoms with Crippen LogP contribution in [0.3, 0.4) is 0 Å². The van der Waals surface area contributed by atoms with Crippen molar-refractivity contribution >= 4 is 8.80 Å². The van der Waals surface area contributed by atoms with Crippen LogP contribution in [0.5, 0.6) is 0 Å². The SMILES string of the molecule is CCO[Si](CCCOCC(O)CN1CCCNCCNCCNCC1)(OCC)OCC. The molecule has 1 unspecified atom stereocenters. The number of aliphatic hydroxyl groups is 1. The highest BCUT2D eigenvalue weighted by Crippen LogP contribution is 2.18. The minimum atomic E-state index is -2.61. The normalized spacial score (nSPS) is 19.4. The highest BCUT2D eigenvalue weighted by Gasteiger charge is 2.39. The predicted octanol–water partition coefficient (Wildman–Crippen LogP) is 0.277. The number of rotatable bonds is 14. The van der Waals surface area contributed by atoms with E-state index in [1.54, 1.807) is 0 Å². The summed E-state index contributed by atoms with van der Waals surface area (Å²) in [5.41, 5.74) is 0. The molecule has 9 nitrogen and oxygen atoms in total. The highest BCUT2D eigenvalue weighted by atomic mass is 28.4. The van der Waals surface area contributed by atoms with Gasteiger partial charge in [0.25, 0.3) is 0 Å². The molecule has 0 amide bonds. The third-order valence-corrected chi connectivity index (χ3v) is 8.18. The number of β-amino-alcohol motifs (C(OH)–C–C–N with tert-alkyl or cyclic N) is 1. The molecule has 31 heavy (non-hydrogen) atoms. The summed E-state index contributed by atoms with van der Waals surface area (Å²) in [7, 11) is -2.61. The van der Waals surface area contributed by atoms with Crippen molar-refractivity contribution in [3.63, 3.8) is 0 Å². The van der Waals surface area contributed by atoms with E-state index in [1.165, 1.54) is 0 Å². The zero-order valence-electron chi connectivity index (χ0n) is 20.1. The molecule has 0 radical (unpaired) electrons. The lowest BCUT2D eigenvalue weighted by molar-refractivity contribution is 0.0145. The molecule has 10 heteroatoms. The maximum Gasteiger partial charge on any atom is 0.501 e. The van der Waals surface area contributed by atoms with E-state index < -0.39 is 14.9 Å². The monoisotopic (exact) mass is 464 g/mol. The Labute approximate surface area is 190 Å². The van der Waals surface area contributed by atoms with Gasteiger partial charge in [-0.3, -0.25) is 4.90 Å². The number of nitrogens with zero attached hydrogens (tertiary/aromatic N) is 1. The summed E-state index contributed by atoms with van der Waals surface area (Å²) in [5.74, 6) is 0. The molecule has 1 atom stereocenters. The summed E-state index contributed by atoms with van der Waals surface area (Å²) in [4.78, 5) is 2.32. The lowest BCUT2D eigenvalue weighted by atomic mass is 10.3. The Morgan fingerprint density at radius 3 is 2.03 bits per heavy atom. The Morgan fingerprint density at radius 2 is 1.42 bits per heavy atom.